The number of nitrogens with one attached hydrogen (secondary N) is 2. The van der Waals surface area contributed by atoms with E-state index in [2.05, 4.69) is 15.3 Å². The van der Waals surface area contributed by atoms with Crippen LogP contribution in [-0.2, 0) is 0 Å². The molecule has 0 amide bonds. The van der Waals surface area contributed by atoms with Crippen LogP contribution in [0.2, 0.25) is 0 Å². The number of rotatable bonds is 5. The van der Waals surface area contributed by atoms with Crippen molar-refractivity contribution < 1.29 is 4.39 Å². The molecule has 0 spiro atoms. The Labute approximate surface area is 138 Å². The first-order valence-corrected chi connectivity index (χ1v) is 8.41. The second-order valence-corrected chi connectivity index (χ2v) is 6.73. The molecule has 1 fully saturated rings. The first-order valence-electron chi connectivity index (χ1n) is 7.53. The highest BCUT2D eigenvalue weighted by atomic mass is 32.2. The molecule has 1 aromatic carbocycles. The van der Waals surface area contributed by atoms with Crippen LogP contribution in [0.25, 0.3) is 0 Å². The number of benzene rings is 1. The quantitative estimate of drug-likeness (QED) is 0.570. The number of halogens is 1. The number of nitrogens with zero attached hydrogens (tertiary/aromatic N) is 2. The molecule has 0 aliphatic heterocycles. The van der Waals surface area contributed by atoms with Crippen molar-refractivity contribution in [1.29, 1.82) is 5.41 Å². The molecule has 0 atom stereocenters. The molecule has 1 aliphatic carbocycles. The second-order valence-electron chi connectivity index (χ2n) is 5.46. The molecule has 23 heavy (non-hydrogen) atoms. The van der Waals surface area contributed by atoms with Gasteiger partial charge in [0.15, 0.2) is 5.16 Å². The van der Waals surface area contributed by atoms with Gasteiger partial charge in [-0.3, -0.25) is 0 Å². The molecular weight excluding hydrogens is 313 g/mol. The molecule has 0 radical (unpaired) electrons. The fourth-order valence-corrected chi connectivity index (χ4v) is 3.78. The van der Waals surface area contributed by atoms with Crippen molar-refractivity contribution in [2.24, 2.45) is 0 Å². The fourth-order valence-electron chi connectivity index (χ4n) is 2.61. The summed E-state index contributed by atoms with van der Waals surface area (Å²) in [4.78, 5) is 8.77. The predicted octanol–water partition coefficient (Wildman–Crippen LogP) is 3.97. The summed E-state index contributed by atoms with van der Waals surface area (Å²) in [5, 5.41) is 11.7. The van der Waals surface area contributed by atoms with Gasteiger partial charge in [-0.05, 0) is 31.0 Å². The Bertz CT molecular complexity index is 716. The summed E-state index contributed by atoms with van der Waals surface area (Å²) in [5.41, 5.74) is 6.93. The SMILES string of the molecule is N=Cc1c(N)nc(SC2CCCC2)nc1Nc1cccc(F)c1. The molecule has 5 nitrogen and oxygen atoms in total. The minimum Gasteiger partial charge on any atom is -0.383 e. The van der Waals surface area contributed by atoms with Crippen LogP contribution in [0.3, 0.4) is 0 Å². The normalized spacial score (nSPS) is 14.8. The third-order valence-corrected chi connectivity index (χ3v) is 4.96. The Morgan fingerprint density at radius 1 is 1.30 bits per heavy atom. The number of anilines is 3. The average Bonchev–Trinajstić information content (AvgIpc) is 3.00. The molecule has 3 rings (SSSR count). The van der Waals surface area contributed by atoms with E-state index in [1.807, 2.05) is 0 Å². The zero-order valence-corrected chi connectivity index (χ0v) is 13.4. The zero-order valence-electron chi connectivity index (χ0n) is 12.6. The highest BCUT2D eigenvalue weighted by Crippen LogP contribution is 2.34. The number of hydrogen-bond acceptors (Lipinski definition) is 6. The monoisotopic (exact) mass is 331 g/mol. The fraction of sp³-hybridized carbons (Fsp3) is 0.312. The van der Waals surface area contributed by atoms with Gasteiger partial charge >= 0.3 is 0 Å². The van der Waals surface area contributed by atoms with Gasteiger partial charge in [-0.1, -0.05) is 30.7 Å². The van der Waals surface area contributed by atoms with Crippen LogP contribution >= 0.6 is 11.8 Å². The lowest BCUT2D eigenvalue weighted by Crippen LogP contribution is -2.08. The number of aromatic nitrogens is 2. The van der Waals surface area contributed by atoms with Crippen LogP contribution in [-0.4, -0.2) is 21.4 Å². The van der Waals surface area contributed by atoms with Crippen LogP contribution in [0.15, 0.2) is 29.4 Å². The lowest BCUT2D eigenvalue weighted by atomic mass is 10.2. The summed E-state index contributed by atoms with van der Waals surface area (Å²) in [6.07, 6.45) is 5.90. The van der Waals surface area contributed by atoms with E-state index in [1.165, 1.54) is 25.0 Å². The van der Waals surface area contributed by atoms with Crippen molar-refractivity contribution in [2.75, 3.05) is 11.1 Å². The lowest BCUT2D eigenvalue weighted by molar-refractivity contribution is 0.628. The molecule has 0 unspecified atom stereocenters. The van der Waals surface area contributed by atoms with E-state index < -0.39 is 0 Å². The zero-order chi connectivity index (χ0) is 16.2. The van der Waals surface area contributed by atoms with Gasteiger partial charge in [0.1, 0.15) is 17.5 Å². The standard InChI is InChI=1S/C16H18FN5S/c17-10-4-3-5-11(8-10)20-15-13(9-18)14(19)21-16(22-15)23-12-6-1-2-7-12/h3-5,8-9,12,18H,1-2,6-7H2,(H3,19,20,21,22). The van der Waals surface area contributed by atoms with E-state index in [-0.39, 0.29) is 11.6 Å². The van der Waals surface area contributed by atoms with Crippen molar-refractivity contribution in [2.45, 2.75) is 36.1 Å². The van der Waals surface area contributed by atoms with E-state index in [0.717, 1.165) is 19.1 Å². The maximum absolute atomic E-state index is 13.3. The van der Waals surface area contributed by atoms with Crippen molar-refractivity contribution in [3.05, 3.63) is 35.6 Å². The van der Waals surface area contributed by atoms with Gasteiger partial charge < -0.3 is 16.5 Å². The second kappa shape index (κ2) is 6.95. The third-order valence-electron chi connectivity index (χ3n) is 3.76. The van der Waals surface area contributed by atoms with Gasteiger partial charge in [0.05, 0.1) is 5.56 Å². The largest absolute Gasteiger partial charge is 0.383 e. The van der Waals surface area contributed by atoms with Crippen LogP contribution in [0.5, 0.6) is 0 Å². The van der Waals surface area contributed by atoms with E-state index in [1.54, 1.807) is 23.9 Å². The van der Waals surface area contributed by atoms with Gasteiger partial charge in [0.25, 0.3) is 0 Å². The minimum atomic E-state index is -0.339. The Balaban J connectivity index is 1.89. The maximum atomic E-state index is 13.3. The van der Waals surface area contributed by atoms with Gasteiger partial charge in [-0.2, -0.15) is 0 Å². The maximum Gasteiger partial charge on any atom is 0.191 e. The molecule has 1 heterocycles. The van der Waals surface area contributed by atoms with Crippen LogP contribution < -0.4 is 11.1 Å². The highest BCUT2D eigenvalue weighted by molar-refractivity contribution is 7.99. The molecule has 4 N–H and O–H groups in total. The molecule has 120 valence electrons. The van der Waals surface area contributed by atoms with Crippen molar-refractivity contribution in [3.8, 4) is 0 Å². The molecule has 2 aromatic rings. The summed E-state index contributed by atoms with van der Waals surface area (Å²) in [7, 11) is 0. The van der Waals surface area contributed by atoms with E-state index >= 15 is 0 Å². The average molecular weight is 331 g/mol. The van der Waals surface area contributed by atoms with Gasteiger partial charge in [-0.25, -0.2) is 14.4 Å². The highest BCUT2D eigenvalue weighted by Gasteiger charge is 2.19. The molecule has 0 saturated heterocycles. The van der Waals surface area contributed by atoms with E-state index in [4.69, 9.17) is 11.1 Å². The van der Waals surface area contributed by atoms with Crippen LogP contribution in [0.1, 0.15) is 31.2 Å². The molecular formula is C16H18FN5S. The molecule has 1 saturated carbocycles. The number of nitrogen functional groups attached to an aromatic ring is 1. The summed E-state index contributed by atoms with van der Waals surface area (Å²) >= 11 is 1.62. The Hall–Kier alpha value is -2.15. The number of thioether (sulfide) groups is 1. The van der Waals surface area contributed by atoms with Crippen LogP contribution in [0, 0.1) is 11.2 Å². The first kappa shape index (κ1) is 15.7. The Kier molecular flexibility index (Phi) is 4.76. The summed E-state index contributed by atoms with van der Waals surface area (Å²) in [6.45, 7) is 0. The molecule has 7 heteroatoms. The number of nitrogens with two attached hydrogens (primary N) is 1. The topological polar surface area (TPSA) is 87.7 Å². The Morgan fingerprint density at radius 3 is 2.78 bits per heavy atom. The minimum absolute atomic E-state index is 0.259. The van der Waals surface area contributed by atoms with E-state index in [0.29, 0.717) is 27.5 Å². The summed E-state index contributed by atoms with van der Waals surface area (Å²) in [6, 6.07) is 6.09. The van der Waals surface area contributed by atoms with Crippen molar-refractivity contribution >= 4 is 35.3 Å². The predicted molar refractivity (Wildman–Crippen MR) is 92.1 cm³/mol. The molecule has 1 aliphatic rings. The molecule has 1 aromatic heterocycles. The van der Waals surface area contributed by atoms with Crippen molar-refractivity contribution in [3.63, 3.8) is 0 Å². The van der Waals surface area contributed by atoms with E-state index in [9.17, 15) is 4.39 Å². The number of hydrogen-bond donors (Lipinski definition) is 3. The smallest absolute Gasteiger partial charge is 0.191 e. The van der Waals surface area contributed by atoms with Gasteiger partial charge in [0.2, 0.25) is 0 Å². The Morgan fingerprint density at radius 2 is 2.09 bits per heavy atom. The lowest BCUT2D eigenvalue weighted by Gasteiger charge is -2.13. The third kappa shape index (κ3) is 3.79. The van der Waals surface area contributed by atoms with Crippen LogP contribution in [0.4, 0.5) is 21.7 Å². The van der Waals surface area contributed by atoms with Gasteiger partial charge in [-0.15, -0.1) is 0 Å². The molecule has 0 bridgehead atoms. The summed E-state index contributed by atoms with van der Waals surface area (Å²) in [5.74, 6) is 0.349. The van der Waals surface area contributed by atoms with Crippen molar-refractivity contribution in [1.82, 2.24) is 9.97 Å². The first-order chi connectivity index (χ1) is 11.2. The van der Waals surface area contributed by atoms with Gasteiger partial charge in [0, 0.05) is 17.2 Å². The summed E-state index contributed by atoms with van der Waals surface area (Å²) < 4.78 is 13.3.